The monoisotopic (exact) mass is 478 g/mol. The Morgan fingerprint density at radius 1 is 1.12 bits per heavy atom. The molecule has 2 aromatic heterocycles. The average Bonchev–Trinajstić information content (AvgIpc) is 3.54. The van der Waals surface area contributed by atoms with Crippen LogP contribution in [0.4, 0.5) is 10.3 Å². The summed E-state index contributed by atoms with van der Waals surface area (Å²) in [6.45, 7) is 3.63. The van der Waals surface area contributed by atoms with Gasteiger partial charge in [-0.1, -0.05) is 11.6 Å². The zero-order valence-corrected chi connectivity index (χ0v) is 19.4. The highest BCUT2D eigenvalue weighted by molar-refractivity contribution is 6.30. The Hall–Kier alpha value is -3.09. The third-order valence-electron chi connectivity index (χ3n) is 7.16. The minimum absolute atomic E-state index is 0.230. The number of anilines is 1. The van der Waals surface area contributed by atoms with E-state index in [4.69, 9.17) is 11.6 Å². The van der Waals surface area contributed by atoms with Crippen LogP contribution in [0.15, 0.2) is 30.6 Å². The topological polar surface area (TPSA) is 86.8 Å². The standard InChI is InChI=1S/C24H24ClFN8/c25-18-1-2-20-17(9-18)12-32(15-24(14-27)5-6-24)13-21-30-31-22(34(20)21)16-3-7-33(8-4-16)23-28-10-19(26)11-29-23/h1-2,9-11,16H,3-8,12-13,15H2. The van der Waals surface area contributed by atoms with Crippen molar-refractivity contribution in [3.05, 3.63) is 58.6 Å². The molecule has 0 amide bonds. The van der Waals surface area contributed by atoms with Gasteiger partial charge in [-0.2, -0.15) is 5.26 Å². The number of piperidine rings is 1. The molecular weight excluding hydrogens is 455 g/mol. The first-order chi connectivity index (χ1) is 16.5. The van der Waals surface area contributed by atoms with E-state index in [-0.39, 0.29) is 11.3 Å². The lowest BCUT2D eigenvalue weighted by Crippen LogP contribution is -2.35. The van der Waals surface area contributed by atoms with Crippen LogP contribution in [0.25, 0.3) is 5.69 Å². The molecule has 3 aromatic rings. The maximum atomic E-state index is 13.2. The Labute approximate surface area is 202 Å². The van der Waals surface area contributed by atoms with Gasteiger partial charge in [0, 0.05) is 37.1 Å². The van der Waals surface area contributed by atoms with Crippen LogP contribution >= 0.6 is 11.6 Å². The molecule has 1 saturated carbocycles. The second kappa shape index (κ2) is 8.29. The molecule has 1 saturated heterocycles. The van der Waals surface area contributed by atoms with Gasteiger partial charge in [0.1, 0.15) is 5.82 Å². The van der Waals surface area contributed by atoms with E-state index >= 15 is 0 Å². The number of halogens is 2. The highest BCUT2D eigenvalue weighted by atomic mass is 35.5. The van der Waals surface area contributed by atoms with E-state index in [2.05, 4.69) is 46.7 Å². The van der Waals surface area contributed by atoms with Crippen molar-refractivity contribution in [2.24, 2.45) is 5.41 Å². The summed E-state index contributed by atoms with van der Waals surface area (Å²) in [5, 5.41) is 19.6. The van der Waals surface area contributed by atoms with Crippen LogP contribution < -0.4 is 4.90 Å². The summed E-state index contributed by atoms with van der Waals surface area (Å²) in [6, 6.07) is 8.49. The van der Waals surface area contributed by atoms with E-state index in [9.17, 15) is 9.65 Å². The molecule has 34 heavy (non-hydrogen) atoms. The van der Waals surface area contributed by atoms with Crippen molar-refractivity contribution in [3.63, 3.8) is 0 Å². The molecule has 0 unspecified atom stereocenters. The Bertz CT molecular complexity index is 1250. The van der Waals surface area contributed by atoms with Gasteiger partial charge in [0.2, 0.25) is 5.95 Å². The number of nitriles is 1. The molecular formula is C24H24ClFN8. The Balaban J connectivity index is 1.28. The summed E-state index contributed by atoms with van der Waals surface area (Å²) < 4.78 is 15.4. The zero-order valence-electron chi connectivity index (χ0n) is 18.7. The number of rotatable bonds is 4. The first-order valence-electron chi connectivity index (χ1n) is 11.6. The summed E-state index contributed by atoms with van der Waals surface area (Å²) in [5.41, 5.74) is 1.96. The van der Waals surface area contributed by atoms with Crippen molar-refractivity contribution >= 4 is 17.5 Å². The van der Waals surface area contributed by atoms with Crippen LogP contribution in [0.2, 0.25) is 5.02 Å². The van der Waals surface area contributed by atoms with E-state index in [1.54, 1.807) is 0 Å². The Morgan fingerprint density at radius 3 is 2.59 bits per heavy atom. The maximum absolute atomic E-state index is 13.2. The number of benzene rings is 1. The van der Waals surface area contributed by atoms with Crippen LogP contribution in [-0.2, 0) is 13.1 Å². The molecule has 2 aliphatic heterocycles. The second-order valence-electron chi connectivity index (χ2n) is 9.58. The average molecular weight is 479 g/mol. The molecule has 0 N–H and O–H groups in total. The van der Waals surface area contributed by atoms with Crippen molar-refractivity contribution in [2.75, 3.05) is 24.5 Å². The van der Waals surface area contributed by atoms with Crippen LogP contribution in [0.1, 0.15) is 48.8 Å². The second-order valence-corrected chi connectivity index (χ2v) is 10.0. The number of fused-ring (bicyclic) bond motifs is 3. The maximum Gasteiger partial charge on any atom is 0.225 e. The van der Waals surface area contributed by atoms with Gasteiger partial charge in [-0.05, 0) is 49.4 Å². The van der Waals surface area contributed by atoms with E-state index in [0.29, 0.717) is 17.5 Å². The molecule has 8 nitrogen and oxygen atoms in total. The van der Waals surface area contributed by atoms with Gasteiger partial charge in [-0.25, -0.2) is 14.4 Å². The molecule has 4 heterocycles. The molecule has 1 aromatic carbocycles. The van der Waals surface area contributed by atoms with Gasteiger partial charge in [0.15, 0.2) is 11.6 Å². The van der Waals surface area contributed by atoms with E-state index in [1.807, 2.05) is 12.1 Å². The predicted molar refractivity (Wildman–Crippen MR) is 124 cm³/mol. The lowest BCUT2D eigenvalue weighted by atomic mass is 9.95. The predicted octanol–water partition coefficient (Wildman–Crippen LogP) is 3.85. The smallest absolute Gasteiger partial charge is 0.225 e. The molecule has 10 heteroatoms. The Kier molecular flexibility index (Phi) is 5.23. The molecule has 0 bridgehead atoms. The minimum Gasteiger partial charge on any atom is -0.341 e. The number of hydrogen-bond donors (Lipinski definition) is 0. The van der Waals surface area contributed by atoms with Crippen molar-refractivity contribution in [1.29, 1.82) is 5.26 Å². The summed E-state index contributed by atoms with van der Waals surface area (Å²) in [4.78, 5) is 12.6. The molecule has 6 rings (SSSR count). The number of hydrogen-bond acceptors (Lipinski definition) is 7. The van der Waals surface area contributed by atoms with Crippen molar-refractivity contribution < 1.29 is 4.39 Å². The fraction of sp³-hybridized carbons (Fsp3) is 0.458. The van der Waals surface area contributed by atoms with Gasteiger partial charge in [0.25, 0.3) is 0 Å². The number of nitrogens with zero attached hydrogens (tertiary/aromatic N) is 8. The largest absolute Gasteiger partial charge is 0.341 e. The van der Waals surface area contributed by atoms with Gasteiger partial charge in [-0.3, -0.25) is 9.47 Å². The molecule has 0 radical (unpaired) electrons. The third kappa shape index (κ3) is 3.91. The van der Waals surface area contributed by atoms with Gasteiger partial charge in [0.05, 0.1) is 36.1 Å². The molecule has 2 fully saturated rings. The van der Waals surface area contributed by atoms with E-state index < -0.39 is 5.82 Å². The van der Waals surface area contributed by atoms with Crippen LogP contribution in [0.5, 0.6) is 0 Å². The summed E-state index contributed by atoms with van der Waals surface area (Å²) >= 11 is 6.37. The van der Waals surface area contributed by atoms with E-state index in [1.165, 1.54) is 12.4 Å². The first kappa shape index (κ1) is 21.4. The SMILES string of the molecule is N#CC1(CN2Cc3cc(Cl)ccc3-n3c(nnc3C3CCN(c4ncc(F)cn4)CC3)C2)CC1. The van der Waals surface area contributed by atoms with Crippen LogP contribution in [-0.4, -0.2) is 49.3 Å². The summed E-state index contributed by atoms with van der Waals surface area (Å²) in [5.74, 6) is 2.22. The van der Waals surface area contributed by atoms with Crippen LogP contribution in [0, 0.1) is 22.6 Å². The zero-order chi connectivity index (χ0) is 23.3. The highest BCUT2D eigenvalue weighted by Crippen LogP contribution is 2.46. The van der Waals surface area contributed by atoms with Crippen molar-refractivity contribution in [1.82, 2.24) is 29.6 Å². The van der Waals surface area contributed by atoms with Crippen LogP contribution in [0.3, 0.4) is 0 Å². The fourth-order valence-electron chi connectivity index (χ4n) is 5.16. The van der Waals surface area contributed by atoms with Crippen molar-refractivity contribution in [3.8, 4) is 11.8 Å². The molecule has 0 spiro atoms. The Morgan fingerprint density at radius 2 is 1.88 bits per heavy atom. The molecule has 174 valence electrons. The van der Waals surface area contributed by atoms with Gasteiger partial charge < -0.3 is 4.90 Å². The fourth-order valence-corrected chi connectivity index (χ4v) is 5.35. The quantitative estimate of drug-likeness (QED) is 0.562. The highest BCUT2D eigenvalue weighted by Gasteiger charge is 2.45. The lowest BCUT2D eigenvalue weighted by Gasteiger charge is -2.31. The van der Waals surface area contributed by atoms with Crippen molar-refractivity contribution in [2.45, 2.75) is 44.7 Å². The minimum atomic E-state index is -0.431. The van der Waals surface area contributed by atoms with Gasteiger partial charge >= 0.3 is 0 Å². The van der Waals surface area contributed by atoms with E-state index in [0.717, 1.165) is 74.8 Å². The summed E-state index contributed by atoms with van der Waals surface area (Å²) in [7, 11) is 0. The van der Waals surface area contributed by atoms with Gasteiger partial charge in [-0.15, -0.1) is 10.2 Å². The normalized spacial score (nSPS) is 19.7. The first-order valence-corrected chi connectivity index (χ1v) is 12.0. The number of aromatic nitrogens is 5. The third-order valence-corrected chi connectivity index (χ3v) is 7.40. The summed E-state index contributed by atoms with van der Waals surface area (Å²) in [6.07, 6.45) is 6.08. The lowest BCUT2D eigenvalue weighted by molar-refractivity contribution is 0.223. The molecule has 1 aliphatic carbocycles. The molecule has 3 aliphatic rings. The molecule has 0 atom stereocenters.